The van der Waals surface area contributed by atoms with E-state index in [9.17, 15) is 4.79 Å². The number of aromatic nitrogens is 2. The predicted molar refractivity (Wildman–Crippen MR) is 102 cm³/mol. The van der Waals surface area contributed by atoms with Gasteiger partial charge < -0.3 is 4.74 Å². The zero-order chi connectivity index (χ0) is 17.2. The number of fused-ring (bicyclic) bond motifs is 1. The van der Waals surface area contributed by atoms with Crippen molar-refractivity contribution in [3.63, 3.8) is 0 Å². The Balaban J connectivity index is 1.55. The number of nitrogens with zero attached hydrogens (tertiary/aromatic N) is 2. The van der Waals surface area contributed by atoms with Crippen LogP contribution in [0.2, 0.25) is 0 Å². The second kappa shape index (κ2) is 6.62. The minimum Gasteiger partial charge on any atom is -0.497 e. The van der Waals surface area contributed by atoms with Crippen LogP contribution in [0.1, 0.15) is 10.4 Å². The number of methoxy groups -OCH3 is 1. The third-order valence-corrected chi connectivity index (χ3v) is 5.39. The van der Waals surface area contributed by atoms with Crippen LogP contribution < -0.4 is 10.1 Å². The van der Waals surface area contributed by atoms with Gasteiger partial charge in [0.15, 0.2) is 5.13 Å². The van der Waals surface area contributed by atoms with Crippen molar-refractivity contribution in [3.8, 4) is 16.5 Å². The van der Waals surface area contributed by atoms with Crippen LogP contribution in [0.25, 0.3) is 20.9 Å². The first kappa shape index (κ1) is 15.7. The van der Waals surface area contributed by atoms with Crippen LogP contribution in [0.3, 0.4) is 0 Å². The molecule has 0 saturated heterocycles. The van der Waals surface area contributed by atoms with Crippen molar-refractivity contribution in [2.24, 2.45) is 0 Å². The Labute approximate surface area is 152 Å². The SMILES string of the molecule is COc1cccc(C(=O)Nc2nc(-c3nc4ccccc4s3)cs2)c1. The van der Waals surface area contributed by atoms with Gasteiger partial charge in [-0.1, -0.05) is 18.2 Å². The molecular formula is C18H13N3O2S2. The number of carbonyl (C=O) groups is 1. The van der Waals surface area contributed by atoms with E-state index in [1.165, 1.54) is 11.3 Å². The molecule has 0 aliphatic heterocycles. The predicted octanol–water partition coefficient (Wildman–Crippen LogP) is 4.68. The van der Waals surface area contributed by atoms with Gasteiger partial charge in [0.1, 0.15) is 16.5 Å². The highest BCUT2D eigenvalue weighted by atomic mass is 32.1. The largest absolute Gasteiger partial charge is 0.497 e. The minimum atomic E-state index is -0.218. The summed E-state index contributed by atoms with van der Waals surface area (Å²) in [6, 6.07) is 15.0. The Hall–Kier alpha value is -2.77. The third kappa shape index (κ3) is 3.24. The molecule has 7 heteroatoms. The second-order valence-electron chi connectivity index (χ2n) is 5.21. The van der Waals surface area contributed by atoms with E-state index < -0.39 is 0 Å². The topological polar surface area (TPSA) is 64.1 Å². The third-order valence-electron chi connectivity index (χ3n) is 3.57. The van der Waals surface area contributed by atoms with Crippen molar-refractivity contribution < 1.29 is 9.53 Å². The number of nitrogens with one attached hydrogen (secondary N) is 1. The Morgan fingerprint density at radius 1 is 1.12 bits per heavy atom. The Morgan fingerprint density at radius 2 is 2.00 bits per heavy atom. The molecular weight excluding hydrogens is 354 g/mol. The van der Waals surface area contributed by atoms with Gasteiger partial charge in [-0.3, -0.25) is 10.1 Å². The van der Waals surface area contributed by atoms with Gasteiger partial charge in [0.25, 0.3) is 5.91 Å². The first-order valence-corrected chi connectivity index (χ1v) is 9.19. The van der Waals surface area contributed by atoms with E-state index in [-0.39, 0.29) is 5.91 Å². The molecule has 0 fully saturated rings. The fourth-order valence-corrected chi connectivity index (χ4v) is 4.04. The van der Waals surface area contributed by atoms with E-state index in [1.807, 2.05) is 29.6 Å². The van der Waals surface area contributed by atoms with Crippen molar-refractivity contribution in [2.45, 2.75) is 0 Å². The summed E-state index contributed by atoms with van der Waals surface area (Å²) in [7, 11) is 1.57. The lowest BCUT2D eigenvalue weighted by Gasteiger charge is -2.04. The average Bonchev–Trinajstić information content (AvgIpc) is 3.28. The van der Waals surface area contributed by atoms with Gasteiger partial charge in [-0.2, -0.15) is 0 Å². The maximum atomic E-state index is 12.4. The Kier molecular flexibility index (Phi) is 4.17. The standard InChI is InChI=1S/C18H13N3O2S2/c1-23-12-6-4-5-11(9-12)16(22)21-18-20-14(10-24-18)17-19-13-7-2-3-8-15(13)25-17/h2-10H,1H3,(H,20,21,22). The number of thiazole rings is 2. The van der Waals surface area contributed by atoms with Crippen molar-refractivity contribution in [1.29, 1.82) is 0 Å². The number of para-hydroxylation sites is 1. The zero-order valence-corrected chi connectivity index (χ0v) is 14.9. The van der Waals surface area contributed by atoms with E-state index in [4.69, 9.17) is 4.74 Å². The lowest BCUT2D eigenvalue weighted by molar-refractivity contribution is 0.102. The van der Waals surface area contributed by atoms with Gasteiger partial charge in [-0.15, -0.1) is 22.7 Å². The van der Waals surface area contributed by atoms with Gasteiger partial charge in [-0.25, -0.2) is 9.97 Å². The van der Waals surface area contributed by atoms with E-state index in [2.05, 4.69) is 15.3 Å². The molecule has 0 aliphatic carbocycles. The molecule has 0 bridgehead atoms. The van der Waals surface area contributed by atoms with Crippen molar-refractivity contribution in [1.82, 2.24) is 9.97 Å². The summed E-state index contributed by atoms with van der Waals surface area (Å²) in [5.41, 5.74) is 2.25. The summed E-state index contributed by atoms with van der Waals surface area (Å²) in [6.07, 6.45) is 0. The molecule has 2 aromatic carbocycles. The number of anilines is 1. The highest BCUT2D eigenvalue weighted by Crippen LogP contribution is 2.32. The zero-order valence-electron chi connectivity index (χ0n) is 13.2. The molecule has 124 valence electrons. The molecule has 0 atom stereocenters. The first-order chi connectivity index (χ1) is 12.2. The number of hydrogen-bond acceptors (Lipinski definition) is 6. The van der Waals surface area contributed by atoms with E-state index in [0.717, 1.165) is 20.9 Å². The van der Waals surface area contributed by atoms with Crippen molar-refractivity contribution >= 4 is 43.9 Å². The second-order valence-corrected chi connectivity index (χ2v) is 7.10. The molecule has 0 radical (unpaired) electrons. The van der Waals surface area contributed by atoms with E-state index in [0.29, 0.717) is 16.4 Å². The summed E-state index contributed by atoms with van der Waals surface area (Å²) in [5, 5.41) is 6.12. The molecule has 1 amide bonds. The number of hydrogen-bond donors (Lipinski definition) is 1. The molecule has 25 heavy (non-hydrogen) atoms. The minimum absolute atomic E-state index is 0.218. The van der Waals surface area contributed by atoms with Crippen molar-refractivity contribution in [2.75, 3.05) is 12.4 Å². The van der Waals surface area contributed by atoms with Crippen molar-refractivity contribution in [3.05, 3.63) is 59.5 Å². The number of carbonyl (C=O) groups excluding carboxylic acids is 1. The van der Waals surface area contributed by atoms with Crippen LogP contribution in [-0.4, -0.2) is 23.0 Å². The first-order valence-electron chi connectivity index (χ1n) is 7.50. The van der Waals surface area contributed by atoms with Crippen LogP contribution in [-0.2, 0) is 0 Å². The summed E-state index contributed by atoms with van der Waals surface area (Å²) in [6.45, 7) is 0. The lowest BCUT2D eigenvalue weighted by atomic mass is 10.2. The molecule has 4 rings (SSSR count). The highest BCUT2D eigenvalue weighted by molar-refractivity contribution is 7.22. The highest BCUT2D eigenvalue weighted by Gasteiger charge is 2.13. The van der Waals surface area contributed by atoms with Crippen LogP contribution in [0, 0.1) is 0 Å². The smallest absolute Gasteiger partial charge is 0.257 e. The summed E-state index contributed by atoms with van der Waals surface area (Å²) >= 11 is 2.97. The molecule has 4 aromatic rings. The van der Waals surface area contributed by atoms with E-state index >= 15 is 0 Å². The van der Waals surface area contributed by atoms with Crippen LogP contribution >= 0.6 is 22.7 Å². The van der Waals surface area contributed by atoms with Gasteiger partial charge in [-0.05, 0) is 30.3 Å². The number of amides is 1. The molecule has 5 nitrogen and oxygen atoms in total. The molecule has 0 aliphatic rings. The number of ether oxygens (including phenoxy) is 1. The van der Waals surface area contributed by atoms with E-state index in [1.54, 1.807) is 42.7 Å². The number of benzene rings is 2. The number of rotatable bonds is 4. The monoisotopic (exact) mass is 367 g/mol. The Bertz CT molecular complexity index is 1020. The molecule has 0 unspecified atom stereocenters. The summed E-state index contributed by atoms with van der Waals surface area (Å²) in [5.74, 6) is 0.422. The maximum Gasteiger partial charge on any atom is 0.257 e. The lowest BCUT2D eigenvalue weighted by Crippen LogP contribution is -2.11. The summed E-state index contributed by atoms with van der Waals surface area (Å²) < 4.78 is 6.26. The molecule has 0 saturated carbocycles. The molecule has 0 spiro atoms. The quantitative estimate of drug-likeness (QED) is 0.569. The Morgan fingerprint density at radius 3 is 2.84 bits per heavy atom. The molecule has 2 aromatic heterocycles. The van der Waals surface area contributed by atoms with Crippen LogP contribution in [0.15, 0.2) is 53.9 Å². The normalized spacial score (nSPS) is 10.8. The van der Waals surface area contributed by atoms with Gasteiger partial charge >= 0.3 is 0 Å². The summed E-state index contributed by atoms with van der Waals surface area (Å²) in [4.78, 5) is 21.4. The van der Waals surface area contributed by atoms with Crippen LogP contribution in [0.4, 0.5) is 5.13 Å². The fourth-order valence-electron chi connectivity index (χ4n) is 2.34. The fraction of sp³-hybridized carbons (Fsp3) is 0.0556. The molecule has 1 N–H and O–H groups in total. The maximum absolute atomic E-state index is 12.4. The van der Waals surface area contributed by atoms with Gasteiger partial charge in [0.2, 0.25) is 0 Å². The average molecular weight is 367 g/mol. The molecule has 2 heterocycles. The van der Waals surface area contributed by atoms with Gasteiger partial charge in [0, 0.05) is 10.9 Å². The van der Waals surface area contributed by atoms with Crippen LogP contribution in [0.5, 0.6) is 5.75 Å². The van der Waals surface area contributed by atoms with Gasteiger partial charge in [0.05, 0.1) is 17.3 Å².